The highest BCUT2D eigenvalue weighted by atomic mass is 16.5. The summed E-state index contributed by atoms with van der Waals surface area (Å²) in [6, 6.07) is 9.10. The predicted molar refractivity (Wildman–Crippen MR) is 83.8 cm³/mol. The summed E-state index contributed by atoms with van der Waals surface area (Å²) in [7, 11) is 1.63. The van der Waals surface area contributed by atoms with Crippen molar-refractivity contribution < 1.29 is 14.1 Å². The van der Waals surface area contributed by atoms with Crippen LogP contribution in [0.2, 0.25) is 0 Å². The summed E-state index contributed by atoms with van der Waals surface area (Å²) in [6.45, 7) is 4.28. The molecule has 1 unspecified atom stereocenters. The minimum absolute atomic E-state index is 0.134. The van der Waals surface area contributed by atoms with E-state index in [-0.39, 0.29) is 11.9 Å². The zero-order valence-corrected chi connectivity index (χ0v) is 13.1. The number of rotatable bonds is 7. The molecule has 0 saturated carbocycles. The molecular formula is C16H21N3O3. The van der Waals surface area contributed by atoms with Crippen LogP contribution in [0, 0.1) is 6.92 Å². The minimum atomic E-state index is -0.318. The molecule has 6 nitrogen and oxygen atoms in total. The number of para-hydroxylation sites is 1. The fraction of sp³-hybridized carbons (Fsp3) is 0.375. The van der Waals surface area contributed by atoms with Crippen LogP contribution in [0.4, 0.5) is 5.82 Å². The fourth-order valence-corrected chi connectivity index (χ4v) is 2.14. The first kappa shape index (κ1) is 16.0. The Labute approximate surface area is 129 Å². The van der Waals surface area contributed by atoms with E-state index >= 15 is 0 Å². The van der Waals surface area contributed by atoms with E-state index in [1.165, 1.54) is 0 Å². The number of hydrogen-bond acceptors (Lipinski definition) is 5. The third-order valence-corrected chi connectivity index (χ3v) is 3.34. The van der Waals surface area contributed by atoms with Gasteiger partial charge in [0.1, 0.15) is 11.5 Å². The quantitative estimate of drug-likeness (QED) is 0.822. The van der Waals surface area contributed by atoms with Crippen molar-refractivity contribution in [2.45, 2.75) is 32.9 Å². The van der Waals surface area contributed by atoms with Gasteiger partial charge in [-0.1, -0.05) is 30.3 Å². The number of carbonyl (C=O) groups is 1. The van der Waals surface area contributed by atoms with Gasteiger partial charge in [-0.05, 0) is 19.4 Å². The number of nitrogens with zero attached hydrogens (tertiary/aromatic N) is 1. The van der Waals surface area contributed by atoms with Crippen LogP contribution in [0.5, 0.6) is 5.75 Å². The van der Waals surface area contributed by atoms with Crippen molar-refractivity contribution in [3.8, 4) is 5.75 Å². The number of carbonyl (C=O) groups excluding carboxylic acids is 1. The fourth-order valence-electron chi connectivity index (χ4n) is 2.14. The Morgan fingerprint density at radius 2 is 2.18 bits per heavy atom. The first-order valence-corrected chi connectivity index (χ1v) is 7.23. The molecule has 1 amide bonds. The Morgan fingerprint density at radius 3 is 2.82 bits per heavy atom. The lowest BCUT2D eigenvalue weighted by atomic mass is 10.1. The van der Waals surface area contributed by atoms with E-state index in [0.29, 0.717) is 24.5 Å². The zero-order chi connectivity index (χ0) is 15.9. The van der Waals surface area contributed by atoms with E-state index in [9.17, 15) is 4.79 Å². The molecule has 0 spiro atoms. The summed E-state index contributed by atoms with van der Waals surface area (Å²) in [5.41, 5.74) is 1.01. The van der Waals surface area contributed by atoms with Crippen molar-refractivity contribution in [3.63, 3.8) is 0 Å². The lowest BCUT2D eigenvalue weighted by Gasteiger charge is -2.17. The summed E-state index contributed by atoms with van der Waals surface area (Å²) in [5.74, 6) is 1.76. The van der Waals surface area contributed by atoms with Gasteiger partial charge < -0.3 is 19.9 Å². The van der Waals surface area contributed by atoms with Gasteiger partial charge >= 0.3 is 0 Å². The Kier molecular flexibility index (Phi) is 5.55. The highest BCUT2D eigenvalue weighted by molar-refractivity contribution is 5.93. The van der Waals surface area contributed by atoms with Crippen LogP contribution in [-0.4, -0.2) is 24.2 Å². The van der Waals surface area contributed by atoms with Crippen LogP contribution in [0.25, 0.3) is 0 Å². The summed E-state index contributed by atoms with van der Waals surface area (Å²) < 4.78 is 10.2. The first-order valence-electron chi connectivity index (χ1n) is 7.23. The highest BCUT2D eigenvalue weighted by Crippen LogP contribution is 2.17. The van der Waals surface area contributed by atoms with E-state index in [2.05, 4.69) is 15.8 Å². The molecule has 0 aliphatic rings. The van der Waals surface area contributed by atoms with Gasteiger partial charge in [0.05, 0.1) is 13.2 Å². The van der Waals surface area contributed by atoms with Crippen molar-refractivity contribution >= 4 is 11.7 Å². The van der Waals surface area contributed by atoms with Gasteiger partial charge in [-0.3, -0.25) is 4.79 Å². The molecule has 0 saturated heterocycles. The number of aromatic nitrogens is 1. The van der Waals surface area contributed by atoms with Gasteiger partial charge in [-0.15, -0.1) is 0 Å². The summed E-state index contributed by atoms with van der Waals surface area (Å²) >= 11 is 0. The molecular weight excluding hydrogens is 282 g/mol. The maximum atomic E-state index is 12.2. The standard InChI is InChI=1S/C16H21N3O3/c1-4-13(16(20)18-15-9-11(2)22-19-15)17-10-12-7-5-6-8-14(12)21-3/h5-9,13,17H,4,10H2,1-3H3,(H,18,19,20). The largest absolute Gasteiger partial charge is 0.496 e. The Bertz CT molecular complexity index is 625. The van der Waals surface area contributed by atoms with Crippen LogP contribution >= 0.6 is 0 Å². The molecule has 118 valence electrons. The lowest BCUT2D eigenvalue weighted by molar-refractivity contribution is -0.118. The van der Waals surface area contributed by atoms with E-state index in [0.717, 1.165) is 11.3 Å². The molecule has 1 aromatic carbocycles. The van der Waals surface area contributed by atoms with Gasteiger partial charge in [0.15, 0.2) is 5.82 Å². The number of benzene rings is 1. The van der Waals surface area contributed by atoms with Crippen LogP contribution in [0.1, 0.15) is 24.7 Å². The summed E-state index contributed by atoms with van der Waals surface area (Å²) in [6.07, 6.45) is 0.664. The third kappa shape index (κ3) is 4.08. The van der Waals surface area contributed by atoms with Gasteiger partial charge in [-0.2, -0.15) is 0 Å². The molecule has 6 heteroatoms. The molecule has 22 heavy (non-hydrogen) atoms. The monoisotopic (exact) mass is 303 g/mol. The van der Waals surface area contributed by atoms with Crippen molar-refractivity contribution in [1.29, 1.82) is 0 Å². The van der Waals surface area contributed by atoms with Crippen LogP contribution in [0.3, 0.4) is 0 Å². The molecule has 2 aromatic rings. The molecule has 2 rings (SSSR count). The molecule has 1 aromatic heterocycles. The first-order chi connectivity index (χ1) is 10.6. The van der Waals surface area contributed by atoms with E-state index in [4.69, 9.17) is 9.26 Å². The maximum absolute atomic E-state index is 12.2. The highest BCUT2D eigenvalue weighted by Gasteiger charge is 2.17. The molecule has 1 heterocycles. The molecule has 0 radical (unpaired) electrons. The SMILES string of the molecule is CCC(NCc1ccccc1OC)C(=O)Nc1cc(C)on1. The number of amides is 1. The van der Waals surface area contributed by atoms with Gasteiger partial charge in [0.25, 0.3) is 0 Å². The van der Waals surface area contributed by atoms with Crippen molar-refractivity contribution in [1.82, 2.24) is 10.5 Å². The Hall–Kier alpha value is -2.34. The lowest BCUT2D eigenvalue weighted by Crippen LogP contribution is -2.39. The number of anilines is 1. The van der Waals surface area contributed by atoms with Crippen LogP contribution < -0.4 is 15.4 Å². The number of ether oxygens (including phenoxy) is 1. The molecule has 0 aliphatic heterocycles. The topological polar surface area (TPSA) is 76.4 Å². The van der Waals surface area contributed by atoms with Crippen molar-refractivity contribution in [3.05, 3.63) is 41.7 Å². The predicted octanol–water partition coefficient (Wildman–Crippen LogP) is 2.50. The molecule has 1 atom stereocenters. The van der Waals surface area contributed by atoms with E-state index in [1.807, 2.05) is 31.2 Å². The smallest absolute Gasteiger partial charge is 0.242 e. The number of aryl methyl sites for hydroxylation is 1. The minimum Gasteiger partial charge on any atom is -0.496 e. The number of methoxy groups -OCH3 is 1. The Morgan fingerprint density at radius 1 is 1.41 bits per heavy atom. The Balaban J connectivity index is 1.95. The maximum Gasteiger partial charge on any atom is 0.242 e. The van der Waals surface area contributed by atoms with Gasteiger partial charge in [0.2, 0.25) is 5.91 Å². The normalized spacial score (nSPS) is 12.0. The average Bonchev–Trinajstić information content (AvgIpc) is 2.93. The summed E-state index contributed by atoms with van der Waals surface area (Å²) in [5, 5.41) is 9.74. The van der Waals surface area contributed by atoms with Crippen molar-refractivity contribution in [2.24, 2.45) is 0 Å². The second kappa shape index (κ2) is 7.61. The number of nitrogens with one attached hydrogen (secondary N) is 2. The molecule has 2 N–H and O–H groups in total. The third-order valence-electron chi connectivity index (χ3n) is 3.34. The molecule has 0 bridgehead atoms. The second-order valence-corrected chi connectivity index (χ2v) is 4.97. The van der Waals surface area contributed by atoms with E-state index < -0.39 is 0 Å². The van der Waals surface area contributed by atoms with E-state index in [1.54, 1.807) is 20.1 Å². The van der Waals surface area contributed by atoms with Gasteiger partial charge in [-0.25, -0.2) is 0 Å². The summed E-state index contributed by atoms with van der Waals surface area (Å²) in [4.78, 5) is 12.2. The van der Waals surface area contributed by atoms with Crippen LogP contribution in [0.15, 0.2) is 34.9 Å². The number of hydrogen-bond donors (Lipinski definition) is 2. The van der Waals surface area contributed by atoms with Crippen molar-refractivity contribution in [2.75, 3.05) is 12.4 Å². The molecule has 0 aliphatic carbocycles. The van der Waals surface area contributed by atoms with Gasteiger partial charge in [0, 0.05) is 18.2 Å². The second-order valence-electron chi connectivity index (χ2n) is 4.97. The molecule has 0 fully saturated rings. The van der Waals surface area contributed by atoms with Crippen LogP contribution in [-0.2, 0) is 11.3 Å². The average molecular weight is 303 g/mol. The zero-order valence-electron chi connectivity index (χ0n) is 13.1.